The fourth-order valence-electron chi connectivity index (χ4n) is 1.93. The van der Waals surface area contributed by atoms with Gasteiger partial charge in [-0.1, -0.05) is 51.9 Å². The summed E-state index contributed by atoms with van der Waals surface area (Å²) in [6.45, 7) is 3.52. The Hall–Kier alpha value is 1.51. The van der Waals surface area contributed by atoms with Gasteiger partial charge in [-0.15, -0.1) is 0 Å². The molecule has 0 aliphatic carbocycles. The minimum absolute atomic E-state index is 0. The van der Waals surface area contributed by atoms with Crippen molar-refractivity contribution < 1.29 is 69.5 Å². The molecule has 0 aromatic carbocycles. The average Bonchev–Trinajstić information content (AvgIpc) is 2.19. The molecule has 0 aliphatic rings. The number of rotatable bonds is 10. The van der Waals surface area contributed by atoms with Crippen molar-refractivity contribution in [3.05, 3.63) is 0 Å². The van der Waals surface area contributed by atoms with Gasteiger partial charge in [0.1, 0.15) is 10.1 Å². The number of aliphatic hydroxyl groups excluding tert-OH is 1. The van der Waals surface area contributed by atoms with Crippen LogP contribution in [-0.4, -0.2) is 29.4 Å². The maximum atomic E-state index is 10.9. The first kappa shape index (κ1) is 21.8. The molecule has 18 heavy (non-hydrogen) atoms. The van der Waals surface area contributed by atoms with Crippen LogP contribution in [0.2, 0.25) is 0 Å². The molecule has 1 N–H and O–H groups in total. The summed E-state index contributed by atoms with van der Waals surface area (Å²) in [6.07, 6.45) is 6.74. The van der Waals surface area contributed by atoms with Crippen molar-refractivity contribution in [2.75, 3.05) is 0 Å². The van der Waals surface area contributed by atoms with Crippen LogP contribution in [0.3, 0.4) is 0 Å². The Balaban J connectivity index is 0. The van der Waals surface area contributed by atoms with E-state index in [0.29, 0.717) is 6.42 Å². The second-order valence-electron chi connectivity index (χ2n) is 4.68. The molecule has 2 unspecified atom stereocenters. The monoisotopic (exact) mass is 304 g/mol. The van der Waals surface area contributed by atoms with E-state index in [-0.39, 0.29) is 57.8 Å². The fourth-order valence-corrected chi connectivity index (χ4v) is 2.87. The van der Waals surface area contributed by atoms with Crippen LogP contribution in [0.25, 0.3) is 0 Å². The van der Waals surface area contributed by atoms with Gasteiger partial charge in [0.15, 0.2) is 0 Å². The molecule has 4 nitrogen and oxygen atoms in total. The van der Waals surface area contributed by atoms with Crippen molar-refractivity contribution in [1.29, 1.82) is 0 Å². The third-order valence-corrected chi connectivity index (χ3v) is 4.37. The van der Waals surface area contributed by atoms with Crippen molar-refractivity contribution >= 4 is 10.1 Å². The molecule has 2 atom stereocenters. The Labute approximate surface area is 154 Å². The van der Waals surface area contributed by atoms with Crippen molar-refractivity contribution in [2.45, 2.75) is 76.6 Å². The standard InChI is InChI=1S/C12H26O4S.K/c1-3-4-5-6-7-8-9-10-12(11(2)13)17(14,15)16;/h11-13H,3-10H2,1-2H3,(H,14,15,16);/q;+1/p-1. The summed E-state index contributed by atoms with van der Waals surface area (Å²) in [7, 11) is -4.37. The molecule has 0 aromatic heterocycles. The van der Waals surface area contributed by atoms with E-state index < -0.39 is 21.5 Å². The molecule has 0 spiro atoms. The van der Waals surface area contributed by atoms with Crippen LogP contribution in [0.1, 0.15) is 65.2 Å². The van der Waals surface area contributed by atoms with Gasteiger partial charge in [-0.05, 0) is 13.3 Å². The van der Waals surface area contributed by atoms with Crippen molar-refractivity contribution in [3.8, 4) is 0 Å². The number of hydrogen-bond donors (Lipinski definition) is 1. The maximum absolute atomic E-state index is 10.9. The first-order chi connectivity index (χ1) is 7.89. The molecule has 0 bridgehead atoms. The van der Waals surface area contributed by atoms with Gasteiger partial charge in [0.05, 0.1) is 11.4 Å². The molecular formula is C12H25KO4S. The second kappa shape index (κ2) is 12.3. The largest absolute Gasteiger partial charge is 1.00 e. The first-order valence-electron chi connectivity index (χ1n) is 6.52. The van der Waals surface area contributed by atoms with Crippen LogP contribution < -0.4 is 51.4 Å². The molecule has 0 heterocycles. The molecule has 0 saturated carbocycles. The van der Waals surface area contributed by atoms with Crippen molar-refractivity contribution in [3.63, 3.8) is 0 Å². The summed E-state index contributed by atoms with van der Waals surface area (Å²) in [5.74, 6) is 0. The van der Waals surface area contributed by atoms with Crippen LogP contribution in [0, 0.1) is 0 Å². The first-order valence-corrected chi connectivity index (χ1v) is 7.99. The van der Waals surface area contributed by atoms with E-state index in [9.17, 15) is 18.1 Å². The predicted octanol–water partition coefficient (Wildman–Crippen LogP) is -0.574. The van der Waals surface area contributed by atoms with E-state index in [0.717, 1.165) is 19.3 Å². The van der Waals surface area contributed by atoms with Gasteiger partial charge in [-0.25, -0.2) is 8.42 Å². The van der Waals surface area contributed by atoms with E-state index in [1.54, 1.807) is 0 Å². The van der Waals surface area contributed by atoms with Crippen LogP contribution >= 0.6 is 0 Å². The molecule has 104 valence electrons. The smallest absolute Gasteiger partial charge is 0.748 e. The van der Waals surface area contributed by atoms with E-state index in [4.69, 9.17) is 0 Å². The second-order valence-corrected chi connectivity index (χ2v) is 6.27. The molecule has 0 rings (SSSR count). The van der Waals surface area contributed by atoms with E-state index in [1.807, 2.05) is 0 Å². The number of aliphatic hydroxyl groups is 1. The minimum atomic E-state index is -4.37. The Kier molecular flexibility index (Phi) is 14.9. The fraction of sp³-hybridized carbons (Fsp3) is 1.00. The summed E-state index contributed by atoms with van der Waals surface area (Å²) >= 11 is 0. The Morgan fingerprint density at radius 1 is 1.06 bits per heavy atom. The molecule has 6 heteroatoms. The predicted molar refractivity (Wildman–Crippen MR) is 67.8 cm³/mol. The summed E-state index contributed by atoms with van der Waals surface area (Å²) in [4.78, 5) is 0. The molecule has 0 aliphatic heterocycles. The summed E-state index contributed by atoms with van der Waals surface area (Å²) in [5.41, 5.74) is 0. The van der Waals surface area contributed by atoms with Gasteiger partial charge in [-0.2, -0.15) is 0 Å². The van der Waals surface area contributed by atoms with Crippen LogP contribution in [0.5, 0.6) is 0 Å². The molecular weight excluding hydrogens is 279 g/mol. The molecule has 0 radical (unpaired) electrons. The van der Waals surface area contributed by atoms with Crippen molar-refractivity contribution in [1.82, 2.24) is 0 Å². The third-order valence-electron chi connectivity index (χ3n) is 3.00. The number of hydrogen-bond acceptors (Lipinski definition) is 4. The normalized spacial score (nSPS) is 14.9. The van der Waals surface area contributed by atoms with Gasteiger partial charge in [0, 0.05) is 0 Å². The average molecular weight is 304 g/mol. The zero-order valence-electron chi connectivity index (χ0n) is 11.9. The quantitative estimate of drug-likeness (QED) is 0.333. The SMILES string of the molecule is CCCCCCCCCC(C(C)O)S(=O)(=O)[O-].[K+]. The molecule has 0 fully saturated rings. The Morgan fingerprint density at radius 2 is 1.50 bits per heavy atom. The third kappa shape index (κ3) is 11.3. The zero-order chi connectivity index (χ0) is 13.3. The molecule has 0 amide bonds. The Morgan fingerprint density at radius 3 is 1.89 bits per heavy atom. The topological polar surface area (TPSA) is 77.4 Å². The van der Waals surface area contributed by atoms with Crippen LogP contribution in [0.15, 0.2) is 0 Å². The zero-order valence-corrected chi connectivity index (χ0v) is 15.8. The van der Waals surface area contributed by atoms with Crippen LogP contribution in [-0.2, 0) is 10.1 Å². The van der Waals surface area contributed by atoms with Gasteiger partial charge < -0.3 is 9.66 Å². The van der Waals surface area contributed by atoms with Gasteiger partial charge >= 0.3 is 51.4 Å². The molecule has 0 aromatic rings. The Bertz CT molecular complexity index is 278. The van der Waals surface area contributed by atoms with Gasteiger partial charge in [-0.3, -0.25) is 0 Å². The maximum Gasteiger partial charge on any atom is 1.00 e. The summed E-state index contributed by atoms with van der Waals surface area (Å²) in [5, 5.41) is 8.10. The van der Waals surface area contributed by atoms with Crippen molar-refractivity contribution in [2.24, 2.45) is 0 Å². The number of unbranched alkanes of at least 4 members (excludes halogenated alkanes) is 6. The minimum Gasteiger partial charge on any atom is -0.748 e. The van der Waals surface area contributed by atoms with E-state index in [2.05, 4.69) is 6.92 Å². The van der Waals surface area contributed by atoms with Crippen LogP contribution in [0.4, 0.5) is 0 Å². The summed E-state index contributed by atoms with van der Waals surface area (Å²) < 4.78 is 32.6. The molecule has 0 saturated heterocycles. The van der Waals surface area contributed by atoms with Gasteiger partial charge in [0.25, 0.3) is 0 Å². The van der Waals surface area contributed by atoms with Gasteiger partial charge in [0.2, 0.25) is 0 Å². The van der Waals surface area contributed by atoms with E-state index >= 15 is 0 Å². The summed E-state index contributed by atoms with van der Waals surface area (Å²) in [6, 6.07) is 0. The van der Waals surface area contributed by atoms with E-state index in [1.165, 1.54) is 26.2 Å².